The first-order chi connectivity index (χ1) is 7.40. The SMILES string of the molecule is N#Cc1ccccc1Nc1ccncc1. The maximum atomic E-state index is 8.89. The van der Waals surface area contributed by atoms with Crippen molar-refractivity contribution >= 4 is 11.4 Å². The van der Waals surface area contributed by atoms with Crippen molar-refractivity contribution in [2.24, 2.45) is 0 Å². The second-order valence-electron chi connectivity index (χ2n) is 3.02. The van der Waals surface area contributed by atoms with Gasteiger partial charge in [-0.3, -0.25) is 4.98 Å². The van der Waals surface area contributed by atoms with Crippen LogP contribution >= 0.6 is 0 Å². The molecule has 1 heterocycles. The lowest BCUT2D eigenvalue weighted by molar-refractivity contribution is 1.32. The zero-order valence-electron chi connectivity index (χ0n) is 8.01. The molecule has 1 aromatic heterocycles. The summed E-state index contributed by atoms with van der Waals surface area (Å²) in [6, 6.07) is 13.2. The Bertz CT molecular complexity index is 486. The fourth-order valence-electron chi connectivity index (χ4n) is 1.28. The lowest BCUT2D eigenvalue weighted by atomic mass is 10.2. The van der Waals surface area contributed by atoms with E-state index in [2.05, 4.69) is 16.4 Å². The summed E-state index contributed by atoms with van der Waals surface area (Å²) in [4.78, 5) is 3.92. The summed E-state index contributed by atoms with van der Waals surface area (Å²) in [6.07, 6.45) is 3.41. The zero-order chi connectivity index (χ0) is 10.5. The third-order valence-electron chi connectivity index (χ3n) is 2.01. The van der Waals surface area contributed by atoms with Crippen molar-refractivity contribution in [2.45, 2.75) is 0 Å². The highest BCUT2D eigenvalue weighted by molar-refractivity contribution is 5.65. The van der Waals surface area contributed by atoms with Crippen molar-refractivity contribution in [2.75, 3.05) is 5.32 Å². The van der Waals surface area contributed by atoms with Crippen LogP contribution in [-0.4, -0.2) is 4.98 Å². The van der Waals surface area contributed by atoms with Gasteiger partial charge in [0.05, 0.1) is 11.3 Å². The summed E-state index contributed by atoms with van der Waals surface area (Å²) in [5, 5.41) is 12.1. The summed E-state index contributed by atoms with van der Waals surface area (Å²) in [7, 11) is 0. The van der Waals surface area contributed by atoms with Gasteiger partial charge in [-0.15, -0.1) is 0 Å². The van der Waals surface area contributed by atoms with E-state index in [9.17, 15) is 0 Å². The van der Waals surface area contributed by atoms with E-state index in [1.165, 1.54) is 0 Å². The number of aromatic nitrogens is 1. The standard InChI is InChI=1S/C12H9N3/c13-9-10-3-1-2-4-12(10)15-11-5-7-14-8-6-11/h1-8H,(H,14,15). The Morgan fingerprint density at radius 3 is 2.53 bits per heavy atom. The molecule has 1 N–H and O–H groups in total. The van der Waals surface area contributed by atoms with Gasteiger partial charge in [-0.25, -0.2) is 0 Å². The summed E-state index contributed by atoms with van der Waals surface area (Å²) < 4.78 is 0. The van der Waals surface area contributed by atoms with Crippen LogP contribution in [0.25, 0.3) is 0 Å². The molecular formula is C12H9N3. The third-order valence-corrected chi connectivity index (χ3v) is 2.01. The molecule has 2 rings (SSSR count). The number of pyridine rings is 1. The number of nitrogens with zero attached hydrogens (tertiary/aromatic N) is 2. The number of para-hydroxylation sites is 1. The van der Waals surface area contributed by atoms with E-state index in [0.717, 1.165) is 11.4 Å². The Morgan fingerprint density at radius 2 is 1.80 bits per heavy atom. The van der Waals surface area contributed by atoms with Gasteiger partial charge < -0.3 is 5.32 Å². The van der Waals surface area contributed by atoms with E-state index in [0.29, 0.717) is 5.56 Å². The number of nitriles is 1. The van der Waals surface area contributed by atoms with Crippen LogP contribution in [0.15, 0.2) is 48.8 Å². The molecule has 0 spiro atoms. The quantitative estimate of drug-likeness (QED) is 0.801. The first-order valence-corrected chi connectivity index (χ1v) is 4.56. The number of rotatable bonds is 2. The number of benzene rings is 1. The minimum absolute atomic E-state index is 0.634. The van der Waals surface area contributed by atoms with E-state index in [4.69, 9.17) is 5.26 Å². The van der Waals surface area contributed by atoms with E-state index < -0.39 is 0 Å². The lowest BCUT2D eigenvalue weighted by Gasteiger charge is -2.06. The molecule has 15 heavy (non-hydrogen) atoms. The van der Waals surface area contributed by atoms with Crippen LogP contribution in [-0.2, 0) is 0 Å². The smallest absolute Gasteiger partial charge is 0.101 e. The second kappa shape index (κ2) is 4.25. The van der Waals surface area contributed by atoms with Gasteiger partial charge in [0.2, 0.25) is 0 Å². The van der Waals surface area contributed by atoms with E-state index in [1.54, 1.807) is 18.5 Å². The van der Waals surface area contributed by atoms with Crippen LogP contribution in [0.3, 0.4) is 0 Å². The van der Waals surface area contributed by atoms with Crippen LogP contribution in [0.4, 0.5) is 11.4 Å². The molecule has 3 heteroatoms. The molecular weight excluding hydrogens is 186 g/mol. The lowest BCUT2D eigenvalue weighted by Crippen LogP contribution is -1.92. The Balaban J connectivity index is 2.29. The molecule has 0 unspecified atom stereocenters. The van der Waals surface area contributed by atoms with Gasteiger partial charge in [0.1, 0.15) is 6.07 Å². The molecule has 0 amide bonds. The second-order valence-corrected chi connectivity index (χ2v) is 3.02. The average molecular weight is 195 g/mol. The van der Waals surface area contributed by atoms with Crippen molar-refractivity contribution < 1.29 is 0 Å². The molecule has 0 saturated heterocycles. The van der Waals surface area contributed by atoms with Gasteiger partial charge in [0, 0.05) is 18.1 Å². The Hall–Kier alpha value is -2.34. The molecule has 0 saturated carbocycles. The Labute approximate surface area is 88.0 Å². The molecule has 0 radical (unpaired) electrons. The molecule has 1 aromatic carbocycles. The molecule has 0 atom stereocenters. The third kappa shape index (κ3) is 2.12. The highest BCUT2D eigenvalue weighted by atomic mass is 14.9. The normalized spacial score (nSPS) is 9.27. The van der Waals surface area contributed by atoms with Crippen LogP contribution in [0.1, 0.15) is 5.56 Å². The maximum absolute atomic E-state index is 8.89. The van der Waals surface area contributed by atoms with E-state index >= 15 is 0 Å². The first-order valence-electron chi connectivity index (χ1n) is 4.56. The molecule has 2 aromatic rings. The predicted octanol–water partition coefficient (Wildman–Crippen LogP) is 2.70. The fraction of sp³-hybridized carbons (Fsp3) is 0. The van der Waals surface area contributed by atoms with Crippen molar-refractivity contribution in [1.82, 2.24) is 4.98 Å². The zero-order valence-corrected chi connectivity index (χ0v) is 8.01. The van der Waals surface area contributed by atoms with Crippen LogP contribution < -0.4 is 5.32 Å². The minimum atomic E-state index is 0.634. The van der Waals surface area contributed by atoms with Gasteiger partial charge in [-0.1, -0.05) is 12.1 Å². The first kappa shape index (κ1) is 9.22. The van der Waals surface area contributed by atoms with Gasteiger partial charge in [-0.05, 0) is 24.3 Å². The summed E-state index contributed by atoms with van der Waals surface area (Å²) in [6.45, 7) is 0. The summed E-state index contributed by atoms with van der Waals surface area (Å²) in [5.41, 5.74) is 2.37. The van der Waals surface area contributed by atoms with Crippen LogP contribution in [0.5, 0.6) is 0 Å². The Kier molecular flexibility index (Phi) is 2.61. The molecule has 0 aliphatic rings. The molecule has 0 bridgehead atoms. The predicted molar refractivity (Wildman–Crippen MR) is 58.7 cm³/mol. The van der Waals surface area contributed by atoms with E-state index in [1.807, 2.05) is 30.3 Å². The Morgan fingerprint density at radius 1 is 1.07 bits per heavy atom. The molecule has 72 valence electrons. The summed E-state index contributed by atoms with van der Waals surface area (Å²) in [5.74, 6) is 0. The van der Waals surface area contributed by atoms with Crippen molar-refractivity contribution in [1.29, 1.82) is 5.26 Å². The highest BCUT2D eigenvalue weighted by Crippen LogP contribution is 2.18. The molecule has 0 aliphatic carbocycles. The minimum Gasteiger partial charge on any atom is -0.354 e. The molecule has 0 aliphatic heterocycles. The average Bonchev–Trinajstić information content (AvgIpc) is 2.31. The fourth-order valence-corrected chi connectivity index (χ4v) is 1.28. The topological polar surface area (TPSA) is 48.7 Å². The molecule has 0 fully saturated rings. The molecule has 3 nitrogen and oxygen atoms in total. The maximum Gasteiger partial charge on any atom is 0.101 e. The van der Waals surface area contributed by atoms with Crippen molar-refractivity contribution in [3.8, 4) is 6.07 Å². The number of anilines is 2. The van der Waals surface area contributed by atoms with Gasteiger partial charge in [0.25, 0.3) is 0 Å². The number of nitrogens with one attached hydrogen (secondary N) is 1. The summed E-state index contributed by atoms with van der Waals surface area (Å²) >= 11 is 0. The van der Waals surface area contributed by atoms with Crippen molar-refractivity contribution in [3.63, 3.8) is 0 Å². The van der Waals surface area contributed by atoms with Crippen LogP contribution in [0, 0.1) is 11.3 Å². The monoisotopic (exact) mass is 195 g/mol. The largest absolute Gasteiger partial charge is 0.354 e. The van der Waals surface area contributed by atoms with Gasteiger partial charge >= 0.3 is 0 Å². The number of hydrogen-bond acceptors (Lipinski definition) is 3. The van der Waals surface area contributed by atoms with Crippen molar-refractivity contribution in [3.05, 3.63) is 54.4 Å². The highest BCUT2D eigenvalue weighted by Gasteiger charge is 1.99. The van der Waals surface area contributed by atoms with Gasteiger partial charge in [-0.2, -0.15) is 5.26 Å². The van der Waals surface area contributed by atoms with Gasteiger partial charge in [0.15, 0.2) is 0 Å². The van der Waals surface area contributed by atoms with Crippen LogP contribution in [0.2, 0.25) is 0 Å². The van der Waals surface area contributed by atoms with E-state index in [-0.39, 0.29) is 0 Å². The number of hydrogen-bond donors (Lipinski definition) is 1.